The molecule has 1 fully saturated rings. The number of carbonyl (C=O) groups is 2. The van der Waals surface area contributed by atoms with E-state index in [2.05, 4.69) is 19.1 Å². The molecule has 0 amide bonds. The molecule has 1 aliphatic carbocycles. The number of aliphatic hydroxyl groups excluding tert-OH is 2. The molecule has 0 aromatic carbocycles. The van der Waals surface area contributed by atoms with Gasteiger partial charge in [0.05, 0.1) is 12.2 Å². The summed E-state index contributed by atoms with van der Waals surface area (Å²) < 4.78 is 0. The normalized spacial score (nSPS) is 24.4. The fourth-order valence-corrected chi connectivity index (χ4v) is 4.37. The van der Waals surface area contributed by atoms with E-state index in [9.17, 15) is 19.8 Å². The van der Waals surface area contributed by atoms with E-state index in [0.29, 0.717) is 32.1 Å². The zero-order chi connectivity index (χ0) is 21.5. The van der Waals surface area contributed by atoms with E-state index in [1.54, 1.807) is 0 Å². The summed E-state index contributed by atoms with van der Waals surface area (Å²) in [7, 11) is 0. The molecule has 168 valence electrons. The molecule has 1 unspecified atom stereocenters. The molecule has 5 nitrogen and oxygen atoms in total. The number of allylic oxidation sites excluding steroid dienone is 2. The van der Waals surface area contributed by atoms with Gasteiger partial charge in [0, 0.05) is 19.3 Å². The largest absolute Gasteiger partial charge is 0.481 e. The Kier molecular flexibility index (Phi) is 13.9. The van der Waals surface area contributed by atoms with E-state index in [0.717, 1.165) is 38.5 Å². The van der Waals surface area contributed by atoms with Gasteiger partial charge >= 0.3 is 5.97 Å². The van der Waals surface area contributed by atoms with Crippen LogP contribution in [0.4, 0.5) is 0 Å². The number of hydrogen-bond donors (Lipinski definition) is 3. The minimum absolute atomic E-state index is 0.00532. The highest BCUT2D eigenvalue weighted by molar-refractivity contribution is 5.78. The van der Waals surface area contributed by atoms with Crippen LogP contribution in [0.25, 0.3) is 0 Å². The average molecular weight is 411 g/mol. The van der Waals surface area contributed by atoms with Gasteiger partial charge < -0.3 is 15.3 Å². The smallest absolute Gasteiger partial charge is 0.303 e. The van der Waals surface area contributed by atoms with Crippen LogP contribution in [0.15, 0.2) is 12.2 Å². The minimum atomic E-state index is -0.740. The minimum Gasteiger partial charge on any atom is -0.481 e. The van der Waals surface area contributed by atoms with Gasteiger partial charge in [-0.05, 0) is 56.8 Å². The van der Waals surface area contributed by atoms with Gasteiger partial charge in [-0.15, -0.1) is 0 Å². The molecule has 29 heavy (non-hydrogen) atoms. The van der Waals surface area contributed by atoms with Crippen molar-refractivity contribution in [2.45, 2.75) is 115 Å². The summed E-state index contributed by atoms with van der Waals surface area (Å²) in [5.41, 5.74) is 0. The molecular formula is C24H42O5. The van der Waals surface area contributed by atoms with Crippen molar-refractivity contribution in [1.82, 2.24) is 0 Å². The third-order valence-corrected chi connectivity index (χ3v) is 6.17. The van der Waals surface area contributed by atoms with Gasteiger partial charge in [-0.3, -0.25) is 9.59 Å². The van der Waals surface area contributed by atoms with Crippen LogP contribution in [0.2, 0.25) is 0 Å². The number of Topliss-reactive ketones (excluding diaryl/α,β-unsaturated/α-hetero) is 1. The van der Waals surface area contributed by atoms with E-state index in [-0.39, 0.29) is 24.0 Å². The molecular weight excluding hydrogens is 368 g/mol. The first-order valence-electron chi connectivity index (χ1n) is 11.7. The van der Waals surface area contributed by atoms with Crippen LogP contribution < -0.4 is 0 Å². The van der Waals surface area contributed by atoms with Gasteiger partial charge in [0.1, 0.15) is 5.78 Å². The molecule has 1 rings (SSSR count). The Morgan fingerprint density at radius 3 is 2.21 bits per heavy atom. The Bertz CT molecular complexity index is 488. The molecule has 0 aliphatic heterocycles. The third kappa shape index (κ3) is 11.5. The number of aliphatic hydroxyl groups is 2. The van der Waals surface area contributed by atoms with Gasteiger partial charge in [-0.1, -0.05) is 51.2 Å². The lowest BCUT2D eigenvalue weighted by Crippen LogP contribution is -2.22. The number of carbonyl (C=O) groups excluding carboxylic acids is 1. The van der Waals surface area contributed by atoms with E-state index < -0.39 is 18.2 Å². The predicted molar refractivity (Wildman–Crippen MR) is 116 cm³/mol. The number of carboxylic acids is 1. The van der Waals surface area contributed by atoms with Crippen molar-refractivity contribution < 1.29 is 24.9 Å². The fourth-order valence-electron chi connectivity index (χ4n) is 4.37. The molecule has 0 spiro atoms. The first kappa shape index (κ1) is 25.8. The molecule has 1 saturated carbocycles. The first-order valence-corrected chi connectivity index (χ1v) is 11.7. The van der Waals surface area contributed by atoms with Gasteiger partial charge in [-0.2, -0.15) is 0 Å². The summed E-state index contributed by atoms with van der Waals surface area (Å²) in [6.07, 6.45) is 15.5. The van der Waals surface area contributed by atoms with Crippen molar-refractivity contribution in [3.63, 3.8) is 0 Å². The van der Waals surface area contributed by atoms with Gasteiger partial charge in [0.15, 0.2) is 0 Å². The molecule has 0 radical (unpaired) electrons. The summed E-state index contributed by atoms with van der Waals surface area (Å²) >= 11 is 0. The van der Waals surface area contributed by atoms with Crippen molar-refractivity contribution >= 4 is 11.8 Å². The monoisotopic (exact) mass is 410 g/mol. The van der Waals surface area contributed by atoms with E-state index >= 15 is 0 Å². The number of unbranched alkanes of at least 4 members (excludes halogenated alkanes) is 7. The maximum atomic E-state index is 12.2. The Morgan fingerprint density at radius 1 is 0.828 bits per heavy atom. The van der Waals surface area contributed by atoms with Crippen LogP contribution in [0.3, 0.4) is 0 Å². The Morgan fingerprint density at radius 2 is 1.48 bits per heavy atom. The highest BCUT2D eigenvalue weighted by atomic mass is 16.4. The third-order valence-electron chi connectivity index (χ3n) is 6.17. The number of rotatable bonds is 17. The van der Waals surface area contributed by atoms with Crippen molar-refractivity contribution in [2.75, 3.05) is 0 Å². The highest BCUT2D eigenvalue weighted by Crippen LogP contribution is 2.38. The van der Waals surface area contributed by atoms with Crippen molar-refractivity contribution in [3.05, 3.63) is 12.2 Å². The summed E-state index contributed by atoms with van der Waals surface area (Å²) in [6, 6.07) is 0. The van der Waals surface area contributed by atoms with E-state index in [1.807, 2.05) is 0 Å². The topological polar surface area (TPSA) is 94.8 Å². The average Bonchev–Trinajstić information content (AvgIpc) is 2.94. The maximum Gasteiger partial charge on any atom is 0.303 e. The quantitative estimate of drug-likeness (QED) is 0.231. The fraction of sp³-hybridized carbons (Fsp3) is 0.833. The van der Waals surface area contributed by atoms with Crippen molar-refractivity contribution in [1.29, 1.82) is 0 Å². The van der Waals surface area contributed by atoms with Crippen LogP contribution in [0.5, 0.6) is 0 Å². The Hall–Kier alpha value is -1.20. The second kappa shape index (κ2) is 15.6. The predicted octanol–water partition coefficient (Wildman–Crippen LogP) is 5.04. The highest BCUT2D eigenvalue weighted by Gasteiger charge is 2.40. The molecule has 5 heteroatoms. The maximum absolute atomic E-state index is 12.2. The van der Waals surface area contributed by atoms with E-state index in [1.165, 1.54) is 19.3 Å². The van der Waals surface area contributed by atoms with Crippen LogP contribution >= 0.6 is 0 Å². The second-order valence-corrected chi connectivity index (χ2v) is 8.64. The molecule has 3 N–H and O–H groups in total. The van der Waals surface area contributed by atoms with Crippen molar-refractivity contribution in [2.24, 2.45) is 11.8 Å². The summed E-state index contributed by atoms with van der Waals surface area (Å²) in [5.74, 6) is -0.444. The second-order valence-electron chi connectivity index (χ2n) is 8.64. The standard InChI is InChI=1S/C24H42O5/c1-2-3-4-7-10-13-19(25)16-17-21-20(22(26)18-23(21)27)14-11-8-5-6-9-12-15-24(28)29/h8,11,20-23,26-27H,2-7,9-10,12-18H2,1H3,(H,28,29)/b11-8-/t20?,21-,22+,23-/m1/s1. The summed E-state index contributed by atoms with van der Waals surface area (Å²) in [6.45, 7) is 2.18. The zero-order valence-corrected chi connectivity index (χ0v) is 18.2. The van der Waals surface area contributed by atoms with Gasteiger partial charge in [-0.25, -0.2) is 0 Å². The Balaban J connectivity index is 2.27. The molecule has 0 saturated heterocycles. The Labute approximate surface area is 176 Å². The first-order chi connectivity index (χ1) is 14.0. The SMILES string of the molecule is CCCCCCCC(=O)CC[C@@H]1C(C/C=C\CCCCCC(=O)O)[C@@H](O)C[C@H]1O. The molecule has 4 atom stereocenters. The number of aliphatic carboxylic acids is 1. The van der Waals surface area contributed by atoms with Crippen LogP contribution in [0.1, 0.15) is 103 Å². The van der Waals surface area contributed by atoms with Crippen LogP contribution in [0, 0.1) is 11.8 Å². The van der Waals surface area contributed by atoms with Crippen LogP contribution in [-0.2, 0) is 9.59 Å². The van der Waals surface area contributed by atoms with Crippen LogP contribution in [-0.4, -0.2) is 39.3 Å². The number of carboxylic acid groups (broad SMARTS) is 1. The lowest BCUT2D eigenvalue weighted by molar-refractivity contribution is -0.137. The van der Waals surface area contributed by atoms with Gasteiger partial charge in [0.25, 0.3) is 0 Å². The lowest BCUT2D eigenvalue weighted by Gasteiger charge is -2.22. The number of ketones is 1. The van der Waals surface area contributed by atoms with Gasteiger partial charge in [0.2, 0.25) is 0 Å². The molecule has 0 aromatic heterocycles. The lowest BCUT2D eigenvalue weighted by atomic mass is 9.86. The van der Waals surface area contributed by atoms with Crippen molar-refractivity contribution in [3.8, 4) is 0 Å². The molecule has 0 heterocycles. The summed E-state index contributed by atoms with van der Waals surface area (Å²) in [4.78, 5) is 22.6. The molecule has 0 bridgehead atoms. The molecule has 0 aromatic rings. The molecule has 1 aliphatic rings. The zero-order valence-electron chi connectivity index (χ0n) is 18.2. The van der Waals surface area contributed by atoms with E-state index in [4.69, 9.17) is 5.11 Å². The summed E-state index contributed by atoms with van der Waals surface area (Å²) in [5, 5.41) is 29.2. The number of hydrogen-bond acceptors (Lipinski definition) is 4.